The van der Waals surface area contributed by atoms with Gasteiger partial charge in [-0.1, -0.05) is 0 Å². The number of rotatable bonds is 2. The summed E-state index contributed by atoms with van der Waals surface area (Å²) >= 11 is 1.87. The number of hydrogen-bond acceptors (Lipinski definition) is 2. The summed E-state index contributed by atoms with van der Waals surface area (Å²) in [5.74, 6) is 1.73. The molecule has 12 heavy (non-hydrogen) atoms. The van der Waals surface area contributed by atoms with Crippen molar-refractivity contribution in [1.82, 2.24) is 0 Å². The van der Waals surface area contributed by atoms with E-state index in [2.05, 4.69) is 0 Å². The van der Waals surface area contributed by atoms with Gasteiger partial charge in [-0.15, -0.1) is 0 Å². The number of hydrogen-bond donors (Lipinski definition) is 0. The van der Waals surface area contributed by atoms with E-state index in [0.717, 1.165) is 22.6 Å². The predicted octanol–water partition coefficient (Wildman–Crippen LogP) is 3.04. The van der Waals surface area contributed by atoms with Gasteiger partial charge < -0.3 is 7.80 Å². The summed E-state index contributed by atoms with van der Waals surface area (Å²) in [6, 6.07) is 3.95. The van der Waals surface area contributed by atoms with Crippen molar-refractivity contribution in [1.29, 1.82) is 0 Å². The van der Waals surface area contributed by atoms with Crippen LogP contribution in [-0.2, 0) is 0 Å². The smallest absolute Gasteiger partial charge is 0.192 e. The molecule has 0 aliphatic rings. The second kappa shape index (κ2) is 3.98. The van der Waals surface area contributed by atoms with E-state index in [1.165, 1.54) is 0 Å². The highest BCUT2D eigenvalue weighted by Crippen LogP contribution is 2.28. The quantitative estimate of drug-likeness (QED) is 0.774. The van der Waals surface area contributed by atoms with Crippen LogP contribution in [0.4, 0.5) is 0 Å². The molecular weight excluding hydrogens is 267 g/mol. The van der Waals surface area contributed by atoms with Gasteiger partial charge >= 0.3 is 0 Å². The van der Waals surface area contributed by atoms with Crippen LogP contribution in [0.5, 0.6) is 11.5 Å². The molecule has 0 spiro atoms. The minimum Gasteiger partial charge on any atom is -0.496 e. The summed E-state index contributed by atoms with van der Waals surface area (Å²) in [6.45, 7) is 4.03. The Morgan fingerprint density at radius 3 is 2.17 bits per heavy atom. The first kappa shape index (κ1) is 9.64. The van der Waals surface area contributed by atoms with E-state index in [0.29, 0.717) is 0 Å². The van der Waals surface area contributed by atoms with Gasteiger partial charge in [0.1, 0.15) is 11.5 Å². The van der Waals surface area contributed by atoms with E-state index in [1.54, 1.807) is 7.11 Å². The minimum absolute atomic E-state index is 0.859. The van der Waals surface area contributed by atoms with Gasteiger partial charge in [0.05, 0.1) is 7.11 Å². The van der Waals surface area contributed by atoms with Gasteiger partial charge in [0.2, 0.25) is 0 Å². The molecule has 66 valence electrons. The van der Waals surface area contributed by atoms with Crippen LogP contribution in [0.25, 0.3) is 0 Å². The average molecular weight is 278 g/mol. The first-order chi connectivity index (χ1) is 5.69. The van der Waals surface area contributed by atoms with Crippen molar-refractivity contribution >= 4 is 23.0 Å². The van der Waals surface area contributed by atoms with E-state index >= 15 is 0 Å². The third kappa shape index (κ3) is 1.83. The molecule has 0 heterocycles. The Hall–Kier alpha value is -0.450. The van der Waals surface area contributed by atoms with E-state index < -0.39 is 0 Å². The standard InChI is InChI=1S/C9H11IO2/c1-6-4-7(2)9(12-10)5-8(6)11-3/h4-5H,1-3H3. The van der Waals surface area contributed by atoms with Crippen LogP contribution < -0.4 is 7.80 Å². The lowest BCUT2D eigenvalue weighted by Crippen LogP contribution is -1.89. The van der Waals surface area contributed by atoms with E-state index in [1.807, 2.05) is 49.0 Å². The topological polar surface area (TPSA) is 18.5 Å². The van der Waals surface area contributed by atoms with Crippen molar-refractivity contribution in [3.05, 3.63) is 23.3 Å². The van der Waals surface area contributed by atoms with Gasteiger partial charge in [-0.25, -0.2) is 0 Å². The SMILES string of the molecule is COc1cc(OI)c(C)cc1C. The average Bonchev–Trinajstić information content (AvgIpc) is 2.05. The highest BCUT2D eigenvalue weighted by Gasteiger charge is 2.04. The van der Waals surface area contributed by atoms with Crippen molar-refractivity contribution in [2.45, 2.75) is 13.8 Å². The summed E-state index contributed by atoms with van der Waals surface area (Å²) in [6.07, 6.45) is 0. The molecule has 2 nitrogen and oxygen atoms in total. The number of ether oxygens (including phenoxy) is 1. The van der Waals surface area contributed by atoms with Crippen LogP contribution in [0.3, 0.4) is 0 Å². The molecule has 0 saturated heterocycles. The van der Waals surface area contributed by atoms with Gasteiger partial charge in [0, 0.05) is 6.07 Å². The Morgan fingerprint density at radius 1 is 1.08 bits per heavy atom. The monoisotopic (exact) mass is 278 g/mol. The van der Waals surface area contributed by atoms with Crippen molar-refractivity contribution in [3.63, 3.8) is 0 Å². The Morgan fingerprint density at radius 2 is 1.67 bits per heavy atom. The molecule has 0 bridgehead atoms. The number of benzene rings is 1. The van der Waals surface area contributed by atoms with Crippen LogP contribution in [0, 0.1) is 13.8 Å². The lowest BCUT2D eigenvalue weighted by atomic mass is 10.1. The molecule has 0 radical (unpaired) electrons. The molecule has 0 aliphatic carbocycles. The number of methoxy groups -OCH3 is 1. The lowest BCUT2D eigenvalue weighted by molar-refractivity contribution is 0.410. The largest absolute Gasteiger partial charge is 0.496 e. The first-order valence-corrected chi connectivity index (χ1v) is 4.51. The van der Waals surface area contributed by atoms with Gasteiger partial charge in [-0.3, -0.25) is 0 Å². The molecule has 0 unspecified atom stereocenters. The van der Waals surface area contributed by atoms with Crippen LogP contribution in [0.15, 0.2) is 12.1 Å². The van der Waals surface area contributed by atoms with Gasteiger partial charge in [0.15, 0.2) is 23.0 Å². The Bertz CT molecular complexity index is 259. The second-order valence-corrected chi connectivity index (χ2v) is 3.10. The maximum atomic E-state index is 5.16. The van der Waals surface area contributed by atoms with E-state index in [-0.39, 0.29) is 0 Å². The van der Waals surface area contributed by atoms with Crippen LogP contribution >= 0.6 is 23.0 Å². The van der Waals surface area contributed by atoms with Gasteiger partial charge in [-0.05, 0) is 31.0 Å². The molecule has 0 fully saturated rings. The maximum absolute atomic E-state index is 5.16. The first-order valence-electron chi connectivity index (χ1n) is 3.63. The van der Waals surface area contributed by atoms with Crippen molar-refractivity contribution in [2.24, 2.45) is 0 Å². The zero-order chi connectivity index (χ0) is 9.14. The summed E-state index contributed by atoms with van der Waals surface area (Å²) in [5.41, 5.74) is 2.26. The molecular formula is C9H11IO2. The van der Waals surface area contributed by atoms with E-state index in [4.69, 9.17) is 7.80 Å². The lowest BCUT2D eigenvalue weighted by Gasteiger charge is -2.08. The van der Waals surface area contributed by atoms with Crippen molar-refractivity contribution < 1.29 is 7.80 Å². The fourth-order valence-corrected chi connectivity index (χ4v) is 1.59. The summed E-state index contributed by atoms with van der Waals surface area (Å²) in [5, 5.41) is 0. The van der Waals surface area contributed by atoms with Crippen molar-refractivity contribution in [2.75, 3.05) is 7.11 Å². The highest BCUT2D eigenvalue weighted by molar-refractivity contribution is 14.1. The molecule has 1 aromatic rings. The van der Waals surface area contributed by atoms with Crippen LogP contribution in [-0.4, -0.2) is 7.11 Å². The third-order valence-corrected chi connectivity index (χ3v) is 2.25. The molecule has 0 aliphatic heterocycles. The molecule has 1 aromatic carbocycles. The normalized spacial score (nSPS) is 9.67. The number of aryl methyl sites for hydroxylation is 2. The molecule has 0 saturated carbocycles. The summed E-state index contributed by atoms with van der Waals surface area (Å²) < 4.78 is 10.3. The highest BCUT2D eigenvalue weighted by atomic mass is 127. The predicted molar refractivity (Wildman–Crippen MR) is 57.1 cm³/mol. The number of halogens is 1. The summed E-state index contributed by atoms with van der Waals surface area (Å²) in [7, 11) is 1.66. The Labute approximate surface area is 86.6 Å². The van der Waals surface area contributed by atoms with E-state index in [9.17, 15) is 0 Å². The van der Waals surface area contributed by atoms with Gasteiger partial charge in [0.25, 0.3) is 0 Å². The zero-order valence-corrected chi connectivity index (χ0v) is 9.51. The Kier molecular flexibility index (Phi) is 3.20. The summed E-state index contributed by atoms with van der Waals surface area (Å²) in [4.78, 5) is 0. The molecule has 0 atom stereocenters. The zero-order valence-electron chi connectivity index (χ0n) is 7.35. The van der Waals surface area contributed by atoms with Gasteiger partial charge in [-0.2, -0.15) is 0 Å². The maximum Gasteiger partial charge on any atom is 0.192 e. The fraction of sp³-hybridized carbons (Fsp3) is 0.333. The molecule has 0 amide bonds. The van der Waals surface area contributed by atoms with Crippen LogP contribution in [0.2, 0.25) is 0 Å². The van der Waals surface area contributed by atoms with Crippen LogP contribution in [0.1, 0.15) is 11.1 Å². The minimum atomic E-state index is 0.859. The molecule has 0 N–H and O–H groups in total. The molecule has 1 rings (SSSR count). The second-order valence-electron chi connectivity index (χ2n) is 2.66. The molecule has 0 aromatic heterocycles. The third-order valence-electron chi connectivity index (χ3n) is 1.78. The van der Waals surface area contributed by atoms with Crippen molar-refractivity contribution in [3.8, 4) is 11.5 Å². The fourth-order valence-electron chi connectivity index (χ4n) is 1.12. The Balaban J connectivity index is 3.18. The molecule has 3 heteroatoms.